The Morgan fingerprint density at radius 2 is 2.08 bits per heavy atom. The minimum Gasteiger partial charge on any atom is -0.323 e. The maximum atomic E-state index is 12.1. The molecule has 3 rings (SSSR count). The summed E-state index contributed by atoms with van der Waals surface area (Å²) in [6, 6.07) is 3.83. The lowest BCUT2D eigenvalue weighted by Crippen LogP contribution is -2.41. The predicted molar refractivity (Wildman–Crippen MR) is 101 cm³/mol. The molecule has 0 aliphatic carbocycles. The quantitative estimate of drug-likeness (QED) is 0.798. The minimum atomic E-state index is -3.12. The monoisotopic (exact) mass is 378 g/mol. The van der Waals surface area contributed by atoms with E-state index < -0.39 is 10.0 Å². The van der Waals surface area contributed by atoms with Crippen molar-refractivity contribution in [3.05, 3.63) is 29.3 Å². The number of aryl methyl sites for hydroxylation is 2. The molecule has 0 spiro atoms. The van der Waals surface area contributed by atoms with Crippen molar-refractivity contribution in [1.82, 2.24) is 24.5 Å². The van der Waals surface area contributed by atoms with Crippen LogP contribution in [0.15, 0.2) is 12.1 Å². The molecule has 26 heavy (non-hydrogen) atoms. The molecule has 1 saturated heterocycles. The van der Waals surface area contributed by atoms with Crippen molar-refractivity contribution in [2.24, 2.45) is 5.92 Å². The molecule has 2 aromatic heterocycles. The van der Waals surface area contributed by atoms with Gasteiger partial charge in [0, 0.05) is 36.6 Å². The summed E-state index contributed by atoms with van der Waals surface area (Å²) in [5, 5.41) is 10.2. The smallest absolute Gasteiger partial charge is 0.213 e. The SMILES string of the molecule is CCS(=O)(=O)N1CCCC(Cc2cc(Nc3cc(C)[nH]n3)nc(C)n2)C1. The molecule has 9 heteroatoms. The number of piperidine rings is 1. The van der Waals surface area contributed by atoms with Crippen LogP contribution in [0, 0.1) is 19.8 Å². The Morgan fingerprint density at radius 1 is 1.27 bits per heavy atom. The van der Waals surface area contributed by atoms with Gasteiger partial charge in [-0.05, 0) is 46.0 Å². The lowest BCUT2D eigenvalue weighted by Gasteiger charge is -2.31. The van der Waals surface area contributed by atoms with Gasteiger partial charge in [-0.25, -0.2) is 22.7 Å². The Morgan fingerprint density at radius 3 is 2.77 bits per heavy atom. The number of nitrogens with one attached hydrogen (secondary N) is 2. The summed E-state index contributed by atoms with van der Waals surface area (Å²) in [6.45, 7) is 6.69. The number of rotatable bonds is 6. The van der Waals surface area contributed by atoms with Crippen molar-refractivity contribution in [3.8, 4) is 0 Å². The Bertz CT molecular complexity index is 864. The zero-order valence-electron chi connectivity index (χ0n) is 15.5. The first-order valence-electron chi connectivity index (χ1n) is 8.97. The molecule has 1 aliphatic heterocycles. The standard InChI is InChI=1S/C17H26N6O2S/c1-4-26(24,25)23-7-5-6-14(11-23)9-15-10-16(19-13(3)18-15)20-17-8-12(2)21-22-17/h8,10,14H,4-7,9,11H2,1-3H3,(H2,18,19,20,21,22). The first-order chi connectivity index (χ1) is 12.4. The lowest BCUT2D eigenvalue weighted by atomic mass is 9.94. The molecule has 0 aromatic carbocycles. The van der Waals surface area contributed by atoms with Gasteiger partial charge < -0.3 is 5.32 Å². The maximum absolute atomic E-state index is 12.1. The van der Waals surface area contributed by atoms with Crippen molar-refractivity contribution >= 4 is 21.7 Å². The van der Waals surface area contributed by atoms with E-state index in [4.69, 9.17) is 0 Å². The van der Waals surface area contributed by atoms with Crippen LogP contribution in [-0.2, 0) is 16.4 Å². The van der Waals surface area contributed by atoms with Gasteiger partial charge in [0.15, 0.2) is 5.82 Å². The summed E-state index contributed by atoms with van der Waals surface area (Å²) in [5.41, 5.74) is 1.89. The molecule has 1 aliphatic rings. The zero-order valence-corrected chi connectivity index (χ0v) is 16.3. The van der Waals surface area contributed by atoms with Gasteiger partial charge in [-0.2, -0.15) is 5.10 Å². The van der Waals surface area contributed by atoms with Gasteiger partial charge in [0.25, 0.3) is 0 Å². The van der Waals surface area contributed by atoms with Crippen molar-refractivity contribution in [1.29, 1.82) is 0 Å². The highest BCUT2D eigenvalue weighted by molar-refractivity contribution is 7.89. The minimum absolute atomic E-state index is 0.156. The summed E-state index contributed by atoms with van der Waals surface area (Å²) < 4.78 is 25.9. The van der Waals surface area contributed by atoms with Crippen LogP contribution in [0.5, 0.6) is 0 Å². The van der Waals surface area contributed by atoms with Crippen LogP contribution < -0.4 is 5.32 Å². The van der Waals surface area contributed by atoms with Gasteiger partial charge in [0.1, 0.15) is 11.6 Å². The second-order valence-corrected chi connectivity index (χ2v) is 9.08. The molecule has 1 unspecified atom stereocenters. The largest absolute Gasteiger partial charge is 0.323 e. The van der Waals surface area contributed by atoms with E-state index in [1.807, 2.05) is 26.0 Å². The first-order valence-corrected chi connectivity index (χ1v) is 10.6. The number of hydrogen-bond donors (Lipinski definition) is 2. The molecule has 8 nitrogen and oxygen atoms in total. The number of hydrogen-bond acceptors (Lipinski definition) is 6. The van der Waals surface area contributed by atoms with Crippen LogP contribution in [-0.4, -0.2) is 51.7 Å². The van der Waals surface area contributed by atoms with E-state index in [-0.39, 0.29) is 11.7 Å². The fourth-order valence-electron chi connectivity index (χ4n) is 3.34. The van der Waals surface area contributed by atoms with Crippen LogP contribution in [0.25, 0.3) is 0 Å². The number of nitrogens with zero attached hydrogens (tertiary/aromatic N) is 4. The third kappa shape index (κ3) is 4.59. The molecular formula is C17H26N6O2S. The molecule has 1 atom stereocenters. The number of sulfonamides is 1. The fraction of sp³-hybridized carbons (Fsp3) is 0.588. The average Bonchev–Trinajstić information content (AvgIpc) is 2.99. The summed E-state index contributed by atoms with van der Waals surface area (Å²) in [4.78, 5) is 8.95. The maximum Gasteiger partial charge on any atom is 0.213 e. The number of anilines is 2. The average molecular weight is 379 g/mol. The molecular weight excluding hydrogens is 352 g/mol. The molecule has 3 heterocycles. The second-order valence-electron chi connectivity index (χ2n) is 6.82. The molecule has 2 N–H and O–H groups in total. The third-order valence-electron chi connectivity index (χ3n) is 4.59. The highest BCUT2D eigenvalue weighted by Crippen LogP contribution is 2.23. The Hall–Kier alpha value is -2.00. The zero-order chi connectivity index (χ0) is 18.7. The Labute approximate surface area is 154 Å². The normalized spacial score (nSPS) is 18.8. The summed E-state index contributed by atoms with van der Waals surface area (Å²) >= 11 is 0. The number of H-pyrrole nitrogens is 1. The molecule has 0 saturated carbocycles. The second kappa shape index (κ2) is 7.71. The topological polar surface area (TPSA) is 104 Å². The van der Waals surface area contributed by atoms with Gasteiger partial charge >= 0.3 is 0 Å². The van der Waals surface area contributed by atoms with E-state index in [1.54, 1.807) is 11.2 Å². The van der Waals surface area contributed by atoms with Gasteiger partial charge in [-0.1, -0.05) is 0 Å². The Balaban J connectivity index is 1.71. The van der Waals surface area contributed by atoms with Gasteiger partial charge in [0.2, 0.25) is 10.0 Å². The van der Waals surface area contributed by atoms with E-state index >= 15 is 0 Å². The molecule has 0 amide bonds. The molecule has 142 valence electrons. The lowest BCUT2D eigenvalue weighted by molar-refractivity contribution is 0.264. The van der Waals surface area contributed by atoms with Crippen LogP contribution in [0.1, 0.15) is 37.0 Å². The fourth-order valence-corrected chi connectivity index (χ4v) is 4.55. The van der Waals surface area contributed by atoms with Gasteiger partial charge in [0.05, 0.1) is 5.75 Å². The van der Waals surface area contributed by atoms with Crippen LogP contribution >= 0.6 is 0 Å². The summed E-state index contributed by atoms with van der Waals surface area (Å²) in [6.07, 6.45) is 2.65. The number of aromatic nitrogens is 4. The van der Waals surface area contributed by atoms with E-state index in [0.29, 0.717) is 30.5 Å². The molecule has 1 fully saturated rings. The summed E-state index contributed by atoms with van der Waals surface area (Å²) in [5.74, 6) is 2.53. The van der Waals surface area contributed by atoms with E-state index in [9.17, 15) is 8.42 Å². The van der Waals surface area contributed by atoms with Crippen molar-refractivity contribution in [2.45, 2.75) is 40.0 Å². The molecule has 0 radical (unpaired) electrons. The highest BCUT2D eigenvalue weighted by Gasteiger charge is 2.28. The first kappa shape index (κ1) is 18.8. The summed E-state index contributed by atoms with van der Waals surface area (Å²) in [7, 11) is -3.12. The molecule has 2 aromatic rings. The Kier molecular flexibility index (Phi) is 5.57. The number of aromatic amines is 1. The van der Waals surface area contributed by atoms with Crippen molar-refractivity contribution < 1.29 is 8.42 Å². The van der Waals surface area contributed by atoms with E-state index in [1.165, 1.54) is 0 Å². The van der Waals surface area contributed by atoms with E-state index in [0.717, 1.165) is 30.7 Å². The van der Waals surface area contributed by atoms with Gasteiger partial charge in [-0.15, -0.1) is 0 Å². The van der Waals surface area contributed by atoms with Crippen LogP contribution in [0.3, 0.4) is 0 Å². The molecule has 0 bridgehead atoms. The van der Waals surface area contributed by atoms with Crippen molar-refractivity contribution in [2.75, 3.05) is 24.2 Å². The van der Waals surface area contributed by atoms with Crippen LogP contribution in [0.2, 0.25) is 0 Å². The third-order valence-corrected chi connectivity index (χ3v) is 6.44. The van der Waals surface area contributed by atoms with Crippen LogP contribution in [0.4, 0.5) is 11.6 Å². The van der Waals surface area contributed by atoms with Crippen molar-refractivity contribution in [3.63, 3.8) is 0 Å². The van der Waals surface area contributed by atoms with Gasteiger partial charge in [-0.3, -0.25) is 5.10 Å². The predicted octanol–water partition coefficient (Wildman–Crippen LogP) is 2.16. The van der Waals surface area contributed by atoms with E-state index in [2.05, 4.69) is 25.5 Å². The highest BCUT2D eigenvalue weighted by atomic mass is 32.2.